The van der Waals surface area contributed by atoms with Gasteiger partial charge in [0.05, 0.1) is 46.4 Å². The third kappa shape index (κ3) is 18.6. The minimum atomic E-state index is -1.21. The van der Waals surface area contributed by atoms with Crippen LogP contribution in [0.2, 0.25) is 0 Å². The number of unbranched alkanes of at least 4 members (excludes halogenated alkanes) is 14. The van der Waals surface area contributed by atoms with Crippen molar-refractivity contribution in [1.82, 2.24) is 0 Å². The fourth-order valence-electron chi connectivity index (χ4n) is 19.9. The predicted octanol–water partition coefficient (Wildman–Crippen LogP) is 32.7. The van der Waals surface area contributed by atoms with Crippen LogP contribution >= 0.6 is 45.3 Å². The number of Topliss-reactive ketones (excluding diaryl/α,β-unsaturated/α-hetero) is 2. The lowest BCUT2D eigenvalue weighted by Crippen LogP contribution is -2.30. The van der Waals surface area contributed by atoms with Crippen molar-refractivity contribution in [3.05, 3.63) is 314 Å². The molecule has 0 amide bonds. The summed E-state index contributed by atoms with van der Waals surface area (Å²) in [6, 6.07) is 60.9. The first kappa shape index (κ1) is 93.6. The van der Waals surface area contributed by atoms with Crippen LogP contribution in [0.25, 0.3) is 68.5 Å². The van der Waals surface area contributed by atoms with Gasteiger partial charge < -0.3 is 9.47 Å². The summed E-state index contributed by atoms with van der Waals surface area (Å²) >= 11 is 6.32. The summed E-state index contributed by atoms with van der Waals surface area (Å²) in [5, 5.41) is 31.6. The molecule has 0 bridgehead atoms. The normalized spacial score (nSPS) is 15.1. The standard InChI is InChI=1S/C114H114F4N4O4S4/c1-10-18-24-28-34-73-38-46-78(47-39-73)113(79-48-40-74(41-49-79)35-29-25-19-11-2)92-59-89-93(58-88(92)109-94(113)64-103(129-109)111-101(125-69-71(16-7)32-22-14-5)56-82(127-111)54-90-105(77(66-119)67-120)84-60-96(115)98(117)62-86(84)107(90)123)114(80-50-42-75(43-51-80)36-30-26-20-12-3,81-52-44-76(45-53-81)37-31-27-21-13-4)95-65-104(130-110(89)95)112-102(126-70-72(17-8)33-23-15-6)57-83(128-112)55-91-106(100(68-121)122-9)85-61-97(116)99(118)63-87(85)108(91)124/h38-65,71-72H,10-37,69-70H2,1-8H3/b90-54-,91-55-,106-100?. The molecule has 0 N–H and O–H groups in total. The Morgan fingerprint density at radius 1 is 0.385 bits per heavy atom. The Morgan fingerprint density at radius 3 is 1.03 bits per heavy atom. The fraction of sp³-hybridized carbons (Fsp3) is 0.368. The van der Waals surface area contributed by atoms with Gasteiger partial charge in [0.25, 0.3) is 5.70 Å². The molecule has 7 aromatic carbocycles. The van der Waals surface area contributed by atoms with E-state index in [-0.39, 0.29) is 56.4 Å². The van der Waals surface area contributed by atoms with Gasteiger partial charge >= 0.3 is 0 Å². The number of carbonyl (C=O) groups excluding carboxylic acids is 2. The average molecular weight is 1810 g/mol. The number of fused-ring (bicyclic) bond motifs is 8. The number of nitriles is 3. The zero-order valence-electron chi connectivity index (χ0n) is 76.1. The molecule has 4 aromatic heterocycles. The van der Waals surface area contributed by atoms with Gasteiger partial charge in [0.2, 0.25) is 0 Å². The van der Waals surface area contributed by atoms with Gasteiger partial charge in [-0.15, -0.1) is 45.3 Å². The van der Waals surface area contributed by atoms with Crippen molar-refractivity contribution in [2.24, 2.45) is 11.8 Å². The average Bonchev–Trinajstić information content (AvgIpc) is 1.50. The molecular weight excluding hydrogens is 1690 g/mol. The van der Waals surface area contributed by atoms with Crippen LogP contribution in [-0.2, 0) is 36.5 Å². The highest BCUT2D eigenvalue weighted by Crippen LogP contribution is 2.67. The van der Waals surface area contributed by atoms with Gasteiger partial charge in [-0.1, -0.05) is 268 Å². The highest BCUT2D eigenvalue weighted by Gasteiger charge is 2.54. The van der Waals surface area contributed by atoms with Crippen molar-refractivity contribution in [3.8, 4) is 70.1 Å². The maximum absolute atomic E-state index is 15.4. The molecule has 0 fully saturated rings. The molecule has 0 spiro atoms. The van der Waals surface area contributed by atoms with E-state index in [4.69, 9.17) is 16.0 Å². The van der Waals surface area contributed by atoms with Gasteiger partial charge in [-0.2, -0.15) is 10.5 Å². The molecule has 0 radical (unpaired) electrons. The summed E-state index contributed by atoms with van der Waals surface area (Å²) in [6.45, 7) is 26.8. The third-order valence-electron chi connectivity index (χ3n) is 27.1. The zero-order valence-corrected chi connectivity index (χ0v) is 79.4. The van der Waals surface area contributed by atoms with E-state index in [1.165, 1.54) is 44.9 Å². The number of carbonyl (C=O) groups is 2. The summed E-state index contributed by atoms with van der Waals surface area (Å²) in [5.41, 5.74) is 12.8. The number of thiophene rings is 4. The number of allylic oxidation sites excluding steroid dienone is 6. The molecule has 0 saturated heterocycles. The zero-order chi connectivity index (χ0) is 91.3. The quantitative estimate of drug-likeness (QED) is 0.0122. The smallest absolute Gasteiger partial charge is 0.270 e. The van der Waals surface area contributed by atoms with Crippen LogP contribution in [0.5, 0.6) is 11.5 Å². The maximum atomic E-state index is 15.4. The minimum Gasteiger partial charge on any atom is -0.492 e. The SMILES string of the molecule is [C-]#[N+]C(C#N)=C1/C(=C/c2cc(OCC(CC)CCCC)c(-c3cc4c(s3)-c3cc5c(cc3C4(c3ccc(CCCCCC)cc3)c3ccc(CCCCCC)cc3)-c3sc(-c4sc(/C=C6\C(=O)c7cc(F)c(F)cc7C6=C(C#N)C#N)cc4OCC(CC)CCCC)cc3C5(c3ccc(CCCCCC)cc3)c3ccc(CCCCCC)cc3)s2)C(=O)c2cc(F)c(F)cc21. The molecule has 11 aromatic rings. The summed E-state index contributed by atoms with van der Waals surface area (Å²) in [7, 11) is 0. The second-order valence-corrected chi connectivity index (χ2v) is 39.9. The van der Waals surface area contributed by atoms with Gasteiger partial charge in [-0.05, 0) is 238 Å². The van der Waals surface area contributed by atoms with E-state index in [0.717, 1.165) is 289 Å². The van der Waals surface area contributed by atoms with E-state index < -0.39 is 56.9 Å². The lowest BCUT2D eigenvalue weighted by Gasteiger charge is -2.35. The second-order valence-electron chi connectivity index (χ2n) is 35.6. The summed E-state index contributed by atoms with van der Waals surface area (Å²) in [5.74, 6) is -4.42. The van der Waals surface area contributed by atoms with E-state index in [1.807, 2.05) is 30.3 Å². The van der Waals surface area contributed by atoms with Crippen molar-refractivity contribution in [2.75, 3.05) is 13.2 Å². The molecule has 0 aliphatic heterocycles. The number of hydrogen-bond acceptors (Lipinski definition) is 11. The highest BCUT2D eigenvalue weighted by atomic mass is 32.1. The molecule has 4 aliphatic carbocycles. The maximum Gasteiger partial charge on any atom is 0.270 e. The highest BCUT2D eigenvalue weighted by molar-refractivity contribution is 7.25. The third-order valence-corrected chi connectivity index (χ3v) is 32.0. The number of hydrogen-bond donors (Lipinski definition) is 0. The molecule has 4 heterocycles. The predicted molar refractivity (Wildman–Crippen MR) is 527 cm³/mol. The van der Waals surface area contributed by atoms with Crippen LogP contribution in [0, 0.1) is 75.7 Å². The Balaban J connectivity index is 1.03. The molecule has 15 rings (SSSR count). The Bertz CT molecular complexity index is 5810. The molecule has 16 heteroatoms. The first-order chi connectivity index (χ1) is 63.4. The number of benzene rings is 7. The molecule has 666 valence electrons. The molecule has 2 unspecified atom stereocenters. The molecule has 130 heavy (non-hydrogen) atoms. The number of nitrogens with zero attached hydrogens (tertiary/aromatic N) is 4. The van der Waals surface area contributed by atoms with Gasteiger partial charge in [-0.3, -0.25) is 9.59 Å². The van der Waals surface area contributed by atoms with E-state index >= 15 is 17.6 Å². The van der Waals surface area contributed by atoms with Crippen molar-refractivity contribution in [2.45, 2.75) is 246 Å². The number of rotatable bonds is 42. The van der Waals surface area contributed by atoms with Crippen LogP contribution in [0.3, 0.4) is 0 Å². The van der Waals surface area contributed by atoms with E-state index in [2.05, 4.69) is 182 Å². The first-order valence-corrected chi connectivity index (χ1v) is 50.7. The van der Waals surface area contributed by atoms with Crippen LogP contribution in [-0.4, -0.2) is 24.8 Å². The van der Waals surface area contributed by atoms with E-state index in [1.54, 1.807) is 34.8 Å². The Kier molecular flexibility index (Phi) is 30.5. The van der Waals surface area contributed by atoms with Gasteiger partial charge in [0.15, 0.2) is 34.8 Å². The summed E-state index contributed by atoms with van der Waals surface area (Å²) in [4.78, 5) is 40.1. The second kappa shape index (κ2) is 42.4. The molecule has 0 saturated carbocycles. The monoisotopic (exact) mass is 1810 g/mol. The molecule has 2 atom stereocenters. The molecular formula is C114H114F4N4O4S4. The number of ketones is 2. The molecule has 4 aliphatic rings. The van der Waals surface area contributed by atoms with Gasteiger partial charge in [0.1, 0.15) is 29.2 Å². The van der Waals surface area contributed by atoms with Crippen LogP contribution < -0.4 is 9.47 Å². The first-order valence-electron chi connectivity index (χ1n) is 47.4. The lowest BCUT2D eigenvalue weighted by molar-refractivity contribution is 0.103. The van der Waals surface area contributed by atoms with Crippen molar-refractivity contribution >= 4 is 80.2 Å². The largest absolute Gasteiger partial charge is 0.492 e. The van der Waals surface area contributed by atoms with Gasteiger partial charge in [0, 0.05) is 62.7 Å². The Morgan fingerprint density at radius 2 is 0.715 bits per heavy atom. The van der Waals surface area contributed by atoms with Crippen LogP contribution in [0.1, 0.15) is 318 Å². The van der Waals surface area contributed by atoms with E-state index in [0.29, 0.717) is 34.5 Å². The van der Waals surface area contributed by atoms with Gasteiger partial charge in [-0.25, -0.2) is 27.7 Å². The Labute approximate surface area is 781 Å². The Hall–Kier alpha value is -11.1. The molecule has 8 nitrogen and oxygen atoms in total. The van der Waals surface area contributed by atoms with Crippen molar-refractivity contribution < 1.29 is 36.6 Å². The summed E-state index contributed by atoms with van der Waals surface area (Å²) in [6.07, 6.45) is 32.8. The number of halogens is 4. The lowest BCUT2D eigenvalue weighted by atomic mass is 9.65. The van der Waals surface area contributed by atoms with Crippen molar-refractivity contribution in [3.63, 3.8) is 0 Å². The van der Waals surface area contributed by atoms with Crippen LogP contribution in [0.15, 0.2) is 180 Å². The number of aryl methyl sites for hydroxylation is 4. The van der Waals surface area contributed by atoms with E-state index in [9.17, 15) is 25.4 Å². The minimum absolute atomic E-state index is 0.00898. The topological polar surface area (TPSA) is 128 Å². The fourth-order valence-corrected chi connectivity index (χ4v) is 24.7. The summed E-state index contributed by atoms with van der Waals surface area (Å²) < 4.78 is 75.8. The number of ether oxygens (including phenoxy) is 2. The van der Waals surface area contributed by atoms with Crippen LogP contribution in [0.4, 0.5) is 17.6 Å². The van der Waals surface area contributed by atoms with Crippen molar-refractivity contribution in [1.29, 1.82) is 15.8 Å².